The maximum Gasteiger partial charge on any atom is 0.354 e. The third-order valence-corrected chi connectivity index (χ3v) is 4.36. The van der Waals surface area contributed by atoms with E-state index >= 15 is 0 Å². The zero-order chi connectivity index (χ0) is 16.8. The van der Waals surface area contributed by atoms with Crippen LogP contribution in [0, 0.1) is 13.8 Å². The van der Waals surface area contributed by atoms with Crippen LogP contribution in [0.25, 0.3) is 0 Å². The number of methoxy groups -OCH3 is 1. The second-order valence-corrected chi connectivity index (χ2v) is 5.90. The Morgan fingerprint density at radius 1 is 1.26 bits per heavy atom. The van der Waals surface area contributed by atoms with E-state index in [4.69, 9.17) is 0 Å². The van der Waals surface area contributed by atoms with Crippen molar-refractivity contribution >= 4 is 29.2 Å². The van der Waals surface area contributed by atoms with Crippen LogP contribution in [0.15, 0.2) is 23.3 Å². The Morgan fingerprint density at radius 3 is 2.65 bits per heavy atom. The van der Waals surface area contributed by atoms with Crippen molar-refractivity contribution in [1.82, 2.24) is 5.43 Å². The quantitative estimate of drug-likeness (QED) is 0.645. The molecule has 2 aliphatic heterocycles. The summed E-state index contributed by atoms with van der Waals surface area (Å²) in [5.74, 6) is -1.31. The van der Waals surface area contributed by atoms with E-state index in [1.165, 1.54) is 7.11 Å². The van der Waals surface area contributed by atoms with Gasteiger partial charge in [-0.15, -0.1) is 0 Å². The van der Waals surface area contributed by atoms with E-state index < -0.39 is 17.4 Å². The predicted octanol–water partition coefficient (Wildman–Crippen LogP) is 0.828. The highest BCUT2D eigenvalue weighted by atomic mass is 16.5. The lowest BCUT2D eigenvalue weighted by Gasteiger charge is -2.21. The molecule has 1 saturated heterocycles. The number of carbonyl (C=O) groups is 3. The molecular formula is C16H17N3O4. The molecule has 1 unspecified atom stereocenters. The van der Waals surface area contributed by atoms with Gasteiger partial charge in [0.05, 0.1) is 19.2 Å². The van der Waals surface area contributed by atoms with Crippen LogP contribution in [-0.4, -0.2) is 36.1 Å². The summed E-state index contributed by atoms with van der Waals surface area (Å²) in [5, 5.41) is 3.88. The fourth-order valence-corrected chi connectivity index (χ4v) is 2.87. The number of benzene rings is 1. The number of imide groups is 1. The molecule has 23 heavy (non-hydrogen) atoms. The van der Waals surface area contributed by atoms with E-state index in [1.807, 2.05) is 19.9 Å². The number of ether oxygens (including phenoxy) is 1. The number of carbonyl (C=O) groups excluding carboxylic acids is 3. The molecule has 0 aromatic heterocycles. The maximum atomic E-state index is 12.8. The molecule has 7 nitrogen and oxygen atoms in total. The Bertz CT molecular complexity index is 756. The molecule has 1 spiro atoms. The molecule has 1 N–H and O–H groups in total. The standard InChI is InChI=1S/C16H17N3O4/c1-9-4-5-11(6-10(9)2)19-13(20)8-16(15(19)22)7-12(17-18-16)14(21)23-3/h4-6,18H,7-8H2,1-3H3. The van der Waals surface area contributed by atoms with Gasteiger partial charge in [-0.1, -0.05) is 6.07 Å². The highest BCUT2D eigenvalue weighted by Gasteiger charge is 2.56. The van der Waals surface area contributed by atoms with Crippen molar-refractivity contribution in [2.45, 2.75) is 32.2 Å². The second kappa shape index (κ2) is 5.19. The van der Waals surface area contributed by atoms with Gasteiger partial charge >= 0.3 is 5.97 Å². The summed E-state index contributed by atoms with van der Waals surface area (Å²) in [6.07, 6.45) is 0.00828. The molecule has 0 saturated carbocycles. The normalized spacial score (nSPS) is 23.3. The zero-order valence-corrected chi connectivity index (χ0v) is 13.2. The van der Waals surface area contributed by atoms with Crippen LogP contribution in [0.5, 0.6) is 0 Å². The largest absolute Gasteiger partial charge is 0.464 e. The summed E-state index contributed by atoms with van der Waals surface area (Å²) in [5.41, 5.74) is 4.23. The van der Waals surface area contributed by atoms with Crippen molar-refractivity contribution in [2.75, 3.05) is 12.0 Å². The van der Waals surface area contributed by atoms with Crippen molar-refractivity contribution in [1.29, 1.82) is 0 Å². The third kappa shape index (κ3) is 2.28. The summed E-state index contributed by atoms with van der Waals surface area (Å²) < 4.78 is 4.62. The molecule has 1 aromatic rings. The molecule has 1 fully saturated rings. The number of amides is 2. The number of nitrogens with zero attached hydrogens (tertiary/aromatic N) is 2. The minimum atomic E-state index is -1.18. The maximum absolute atomic E-state index is 12.8. The van der Waals surface area contributed by atoms with E-state index in [1.54, 1.807) is 12.1 Å². The van der Waals surface area contributed by atoms with Gasteiger partial charge in [0.15, 0.2) is 0 Å². The number of esters is 1. The third-order valence-electron chi connectivity index (χ3n) is 4.36. The second-order valence-electron chi connectivity index (χ2n) is 5.90. The summed E-state index contributed by atoms with van der Waals surface area (Å²) in [7, 11) is 1.25. The average molecular weight is 315 g/mol. The average Bonchev–Trinajstić information content (AvgIpc) is 3.04. The van der Waals surface area contributed by atoms with Crippen LogP contribution < -0.4 is 10.3 Å². The number of aryl methyl sites for hydroxylation is 2. The number of nitrogens with one attached hydrogen (secondary N) is 1. The smallest absolute Gasteiger partial charge is 0.354 e. The Hall–Kier alpha value is -2.70. The molecule has 1 atom stereocenters. The van der Waals surface area contributed by atoms with Gasteiger partial charge < -0.3 is 4.74 Å². The molecule has 0 bridgehead atoms. The van der Waals surface area contributed by atoms with Gasteiger partial charge in [0.2, 0.25) is 5.91 Å². The molecule has 0 aliphatic carbocycles. The molecule has 2 amide bonds. The molecule has 120 valence electrons. The number of rotatable bonds is 2. The SMILES string of the molecule is COC(=O)C1=NNC2(CC(=O)N(c3ccc(C)c(C)c3)C2=O)C1. The molecular weight excluding hydrogens is 298 g/mol. The molecule has 2 heterocycles. The van der Waals surface area contributed by atoms with Crippen LogP contribution in [0.2, 0.25) is 0 Å². The lowest BCUT2D eigenvalue weighted by molar-refractivity contribution is -0.132. The Balaban J connectivity index is 1.89. The molecule has 7 heteroatoms. The monoisotopic (exact) mass is 315 g/mol. The van der Waals surface area contributed by atoms with Crippen LogP contribution in [-0.2, 0) is 19.1 Å². The van der Waals surface area contributed by atoms with E-state index in [0.29, 0.717) is 5.69 Å². The van der Waals surface area contributed by atoms with E-state index in [2.05, 4.69) is 15.3 Å². The van der Waals surface area contributed by atoms with Crippen molar-refractivity contribution < 1.29 is 19.1 Å². The zero-order valence-electron chi connectivity index (χ0n) is 13.2. The summed E-state index contributed by atoms with van der Waals surface area (Å²) in [6.45, 7) is 3.88. The van der Waals surface area contributed by atoms with Gasteiger partial charge in [0, 0.05) is 6.42 Å². The van der Waals surface area contributed by atoms with Crippen molar-refractivity contribution in [3.05, 3.63) is 29.3 Å². The first-order valence-corrected chi connectivity index (χ1v) is 7.25. The fraction of sp³-hybridized carbons (Fsp3) is 0.375. The van der Waals surface area contributed by atoms with E-state index in [-0.39, 0.29) is 24.5 Å². The molecule has 3 rings (SSSR count). The highest BCUT2D eigenvalue weighted by molar-refractivity contribution is 6.39. The van der Waals surface area contributed by atoms with Gasteiger partial charge in [-0.05, 0) is 37.1 Å². The van der Waals surface area contributed by atoms with Crippen LogP contribution in [0.4, 0.5) is 5.69 Å². The van der Waals surface area contributed by atoms with Crippen LogP contribution >= 0.6 is 0 Å². The molecule has 0 radical (unpaired) electrons. The van der Waals surface area contributed by atoms with Crippen molar-refractivity contribution in [3.8, 4) is 0 Å². The number of hydrogen-bond acceptors (Lipinski definition) is 6. The number of anilines is 1. The van der Waals surface area contributed by atoms with Crippen LogP contribution in [0.3, 0.4) is 0 Å². The first-order chi connectivity index (χ1) is 10.9. The fourth-order valence-electron chi connectivity index (χ4n) is 2.87. The predicted molar refractivity (Wildman–Crippen MR) is 83.0 cm³/mol. The Morgan fingerprint density at radius 2 is 2.00 bits per heavy atom. The Labute approximate surface area is 133 Å². The van der Waals surface area contributed by atoms with E-state index in [9.17, 15) is 14.4 Å². The Kier molecular flexibility index (Phi) is 3.43. The minimum absolute atomic E-state index is 0.0389. The lowest BCUT2D eigenvalue weighted by atomic mass is 9.93. The van der Waals surface area contributed by atoms with Gasteiger partial charge in [-0.3, -0.25) is 15.0 Å². The highest BCUT2D eigenvalue weighted by Crippen LogP contribution is 2.35. The summed E-state index contributed by atoms with van der Waals surface area (Å²) in [4.78, 5) is 37.9. The van der Waals surface area contributed by atoms with Crippen LogP contribution in [0.1, 0.15) is 24.0 Å². The van der Waals surface area contributed by atoms with Gasteiger partial charge in [0.25, 0.3) is 5.91 Å². The minimum Gasteiger partial charge on any atom is -0.464 e. The number of hydrazone groups is 1. The van der Waals surface area contributed by atoms with Crippen molar-refractivity contribution in [2.24, 2.45) is 5.10 Å². The first kappa shape index (κ1) is 15.2. The van der Waals surface area contributed by atoms with E-state index in [0.717, 1.165) is 16.0 Å². The summed E-state index contributed by atoms with van der Waals surface area (Å²) in [6, 6.07) is 5.42. The number of hydrogen-bond donors (Lipinski definition) is 1. The van der Waals surface area contributed by atoms with Crippen molar-refractivity contribution in [3.63, 3.8) is 0 Å². The van der Waals surface area contributed by atoms with Gasteiger partial charge in [0.1, 0.15) is 11.3 Å². The van der Waals surface area contributed by atoms with Gasteiger partial charge in [-0.2, -0.15) is 5.10 Å². The topological polar surface area (TPSA) is 88.1 Å². The summed E-state index contributed by atoms with van der Waals surface area (Å²) >= 11 is 0. The molecule has 2 aliphatic rings. The lowest BCUT2D eigenvalue weighted by Crippen LogP contribution is -2.47. The molecule has 1 aromatic carbocycles. The van der Waals surface area contributed by atoms with Gasteiger partial charge in [-0.25, -0.2) is 9.69 Å². The first-order valence-electron chi connectivity index (χ1n) is 7.25.